The van der Waals surface area contributed by atoms with E-state index >= 15 is 0 Å². The van der Waals surface area contributed by atoms with E-state index in [0.717, 1.165) is 72.7 Å². The van der Waals surface area contributed by atoms with Crippen LogP contribution in [0.4, 0.5) is 0 Å². The number of imidazole rings is 3. The number of benzene rings is 10. The van der Waals surface area contributed by atoms with Gasteiger partial charge in [0.05, 0.1) is 17.1 Å². The van der Waals surface area contributed by atoms with Crippen molar-refractivity contribution in [1.82, 2.24) is 28.7 Å². The van der Waals surface area contributed by atoms with Crippen LogP contribution < -0.4 is 0 Å². The van der Waals surface area contributed by atoms with Gasteiger partial charge in [0.2, 0.25) is 0 Å². The van der Waals surface area contributed by atoms with E-state index in [4.69, 9.17) is 15.0 Å². The summed E-state index contributed by atoms with van der Waals surface area (Å²) in [5, 5.41) is 0. The summed E-state index contributed by atoms with van der Waals surface area (Å²) in [6, 6.07) is 74.5. The fraction of sp³-hybridized carbons (Fsp3) is 0.179. The van der Waals surface area contributed by atoms with Crippen LogP contribution in [0.25, 0.3) is 84.6 Å². The van der Waals surface area contributed by atoms with Crippen molar-refractivity contribution in [3.8, 4) is 84.6 Å². The van der Waals surface area contributed by atoms with Crippen molar-refractivity contribution >= 4 is 0 Å². The first-order valence-corrected chi connectivity index (χ1v) is 31.8. The van der Waals surface area contributed by atoms with E-state index in [-0.39, 0.29) is 0 Å². The minimum Gasteiger partial charge on any atom is -0.299 e. The van der Waals surface area contributed by atoms with Gasteiger partial charge in [-0.2, -0.15) is 0 Å². The molecular weight excluding hydrogens is 1090 g/mol. The van der Waals surface area contributed by atoms with Crippen LogP contribution in [0.3, 0.4) is 0 Å². The number of hydrogen-bond acceptors (Lipinski definition) is 3. The van der Waals surface area contributed by atoms with Crippen LogP contribution in [0.1, 0.15) is 83.5 Å². The van der Waals surface area contributed by atoms with Crippen molar-refractivity contribution in [2.45, 2.75) is 101 Å². The third-order valence-corrected chi connectivity index (χ3v) is 18.4. The number of aromatic nitrogens is 6. The molecule has 0 aliphatic heterocycles. The van der Waals surface area contributed by atoms with Crippen LogP contribution in [0.2, 0.25) is 0 Å². The Morgan fingerprint density at radius 2 is 0.478 bits per heavy atom. The topological polar surface area (TPSA) is 53.5 Å². The van der Waals surface area contributed by atoms with Gasteiger partial charge < -0.3 is 0 Å². The lowest BCUT2D eigenvalue weighted by Crippen LogP contribution is -2.03. The molecule has 13 rings (SSSR count). The van der Waals surface area contributed by atoms with Crippen molar-refractivity contribution in [2.75, 3.05) is 0 Å². The minimum atomic E-state index is 0.904. The van der Waals surface area contributed by atoms with Crippen LogP contribution in [0.5, 0.6) is 0 Å². The molecule has 3 heterocycles. The maximum Gasteiger partial charge on any atom is 0.144 e. The highest BCUT2D eigenvalue weighted by atomic mass is 15.1. The molecule has 3 aromatic heterocycles. The standard InChI is InChI=1S/C84H78N6/c1-55-19-13-28-67(76(55)70-31-16-34-73(52-70)82-85-43-46-88(82)79-58(4)22-10-23-59(79)5)40-37-64-49-65(38-41-68-29-14-20-56(2)77(68)71-32-17-35-74(53-71)83-86-44-47-89(83)80-60(6)24-11-25-61(80)7)51-66(50-64)39-42-69-30-15-21-57(3)78(69)72-33-18-36-75(54-72)84-87-45-48-90(84)81-62(8)26-12-27-63(81)9/h10-36,43-54H,37-42H2,1-9H3. The molecule has 444 valence electrons. The molecule has 0 aliphatic carbocycles. The van der Waals surface area contributed by atoms with Crippen LogP contribution in [0, 0.1) is 62.3 Å². The third kappa shape index (κ3) is 11.9. The maximum absolute atomic E-state index is 4.95. The number of para-hydroxylation sites is 3. The van der Waals surface area contributed by atoms with Crippen LogP contribution >= 0.6 is 0 Å². The Kier molecular flexibility index (Phi) is 16.7. The van der Waals surface area contributed by atoms with E-state index in [2.05, 4.69) is 295 Å². The zero-order valence-corrected chi connectivity index (χ0v) is 53.4. The molecular formula is C84H78N6. The number of rotatable bonds is 18. The Balaban J connectivity index is 0.827. The maximum atomic E-state index is 4.95. The molecule has 0 atom stereocenters. The first kappa shape index (κ1) is 58.8. The van der Waals surface area contributed by atoms with Gasteiger partial charge >= 0.3 is 0 Å². The SMILES string of the molecule is Cc1cccc(CCc2cc(CCc3cccc(C)c3-c3cccc(-c4nccn4-c4c(C)cccc4C)c3)cc(CCc3cccc(C)c3-c3cccc(-c4nccn4-c4c(C)cccc4C)c3)c2)c1-c1cccc(-c2nccn2-c2c(C)cccc2C)c1. The molecule has 10 aromatic carbocycles. The quantitative estimate of drug-likeness (QED) is 0.0860. The Morgan fingerprint density at radius 3 is 0.756 bits per heavy atom. The van der Waals surface area contributed by atoms with E-state index < -0.39 is 0 Å². The van der Waals surface area contributed by atoms with Crippen LogP contribution in [-0.4, -0.2) is 28.7 Å². The van der Waals surface area contributed by atoms with Gasteiger partial charge in [-0.05, 0) is 236 Å². The number of aryl methyl sites for hydroxylation is 15. The third-order valence-electron chi connectivity index (χ3n) is 18.4. The predicted octanol–water partition coefficient (Wildman–Crippen LogP) is 20.4. The molecule has 6 nitrogen and oxygen atoms in total. The summed E-state index contributed by atoms with van der Waals surface area (Å²) in [4.78, 5) is 14.9. The molecule has 0 amide bonds. The second-order valence-electron chi connectivity index (χ2n) is 24.8. The summed E-state index contributed by atoms with van der Waals surface area (Å²) in [6.45, 7) is 19.9. The minimum absolute atomic E-state index is 0.904. The summed E-state index contributed by atoms with van der Waals surface area (Å²) in [5.74, 6) is 2.83. The van der Waals surface area contributed by atoms with Crippen molar-refractivity contribution in [3.63, 3.8) is 0 Å². The molecule has 0 saturated heterocycles. The van der Waals surface area contributed by atoms with E-state index in [1.54, 1.807) is 0 Å². The molecule has 0 unspecified atom stereocenters. The normalized spacial score (nSPS) is 11.4. The fourth-order valence-corrected chi connectivity index (χ4v) is 14.2. The van der Waals surface area contributed by atoms with Crippen molar-refractivity contribution in [1.29, 1.82) is 0 Å². The van der Waals surface area contributed by atoms with Gasteiger partial charge in [-0.15, -0.1) is 0 Å². The summed E-state index contributed by atoms with van der Waals surface area (Å²) < 4.78 is 6.75. The molecule has 0 bridgehead atoms. The first-order valence-electron chi connectivity index (χ1n) is 31.8. The average Bonchev–Trinajstić information content (AvgIpc) is 1.59. The Morgan fingerprint density at radius 1 is 0.244 bits per heavy atom. The molecule has 13 aromatic rings. The molecule has 6 heteroatoms. The lowest BCUT2D eigenvalue weighted by atomic mass is 9.88. The molecule has 0 aliphatic rings. The van der Waals surface area contributed by atoms with Gasteiger partial charge in [-0.25, -0.2) is 15.0 Å². The highest BCUT2D eigenvalue weighted by Gasteiger charge is 2.20. The van der Waals surface area contributed by atoms with Gasteiger partial charge in [0.1, 0.15) is 17.5 Å². The van der Waals surface area contributed by atoms with Crippen molar-refractivity contribution in [2.24, 2.45) is 0 Å². The summed E-state index contributed by atoms with van der Waals surface area (Å²) in [6.07, 6.45) is 17.5. The van der Waals surface area contributed by atoms with Crippen molar-refractivity contribution < 1.29 is 0 Å². The zero-order valence-electron chi connectivity index (χ0n) is 53.4. The highest BCUT2D eigenvalue weighted by Crippen LogP contribution is 2.38. The zero-order chi connectivity index (χ0) is 62.0. The molecule has 0 spiro atoms. The monoisotopic (exact) mass is 1170 g/mol. The first-order chi connectivity index (χ1) is 43.8. The summed E-state index contributed by atoms with van der Waals surface area (Å²) in [7, 11) is 0. The Hall–Kier alpha value is -10.2. The predicted molar refractivity (Wildman–Crippen MR) is 375 cm³/mol. The largest absolute Gasteiger partial charge is 0.299 e. The smallest absolute Gasteiger partial charge is 0.144 e. The Bertz CT molecular complexity index is 4240. The van der Waals surface area contributed by atoms with Gasteiger partial charge in [0.25, 0.3) is 0 Å². The Labute approximate surface area is 532 Å². The van der Waals surface area contributed by atoms with E-state index in [1.807, 2.05) is 18.6 Å². The van der Waals surface area contributed by atoms with Gasteiger partial charge in [-0.1, -0.05) is 182 Å². The van der Waals surface area contributed by atoms with E-state index in [1.165, 1.54) is 134 Å². The lowest BCUT2D eigenvalue weighted by Gasteiger charge is -2.18. The van der Waals surface area contributed by atoms with Crippen LogP contribution in [0.15, 0.2) is 237 Å². The second-order valence-corrected chi connectivity index (χ2v) is 24.8. The van der Waals surface area contributed by atoms with Gasteiger partial charge in [0.15, 0.2) is 0 Å². The van der Waals surface area contributed by atoms with Gasteiger partial charge in [-0.3, -0.25) is 13.7 Å². The molecule has 0 radical (unpaired) electrons. The second kappa shape index (κ2) is 25.5. The molecule has 0 fully saturated rings. The lowest BCUT2D eigenvalue weighted by molar-refractivity contribution is 0.903. The molecule has 0 saturated carbocycles. The average molecular weight is 1170 g/mol. The molecule has 0 N–H and O–H groups in total. The fourth-order valence-electron chi connectivity index (χ4n) is 14.2. The van der Waals surface area contributed by atoms with E-state index in [9.17, 15) is 0 Å². The number of hydrogen-bond donors (Lipinski definition) is 0. The van der Waals surface area contributed by atoms with Crippen molar-refractivity contribution in [3.05, 3.63) is 321 Å². The molecule has 90 heavy (non-hydrogen) atoms. The summed E-state index contributed by atoms with van der Waals surface area (Å²) >= 11 is 0. The highest BCUT2D eigenvalue weighted by molar-refractivity contribution is 5.79. The number of nitrogens with zero attached hydrogens (tertiary/aromatic N) is 6. The van der Waals surface area contributed by atoms with Gasteiger partial charge in [0, 0.05) is 53.9 Å². The summed E-state index contributed by atoms with van der Waals surface area (Å²) in [5.41, 5.74) is 33.7. The van der Waals surface area contributed by atoms with Crippen LogP contribution in [-0.2, 0) is 38.5 Å². The van der Waals surface area contributed by atoms with E-state index in [0.29, 0.717) is 0 Å².